The van der Waals surface area contributed by atoms with Gasteiger partial charge in [-0.15, -0.1) is 0 Å². The van der Waals surface area contributed by atoms with Crippen molar-refractivity contribution < 1.29 is 60.2 Å². The fraction of sp³-hybridized carbons (Fsp3) is 0.500. The maximum absolute atomic E-state index is 14.6. The molecule has 1 atom stereocenters. The Balaban J connectivity index is 1.14. The monoisotopic (exact) mass is 998 g/mol. The topological polar surface area (TPSA) is 208 Å². The average molecular weight is 999 g/mol. The van der Waals surface area contributed by atoms with Crippen molar-refractivity contribution in [1.29, 1.82) is 0 Å². The molecule has 3 aromatic carbocycles. The van der Waals surface area contributed by atoms with Crippen LogP contribution < -0.4 is 21.3 Å². The number of nitrogens with zero attached hydrogens (tertiary/aromatic N) is 3. The second kappa shape index (κ2) is 21.9. The number of aliphatic carboxylic acids is 1. The fourth-order valence-electron chi connectivity index (χ4n) is 8.80. The third-order valence-corrected chi connectivity index (χ3v) is 13.0. The summed E-state index contributed by atoms with van der Waals surface area (Å²) in [6.07, 6.45) is 5.69. The molecule has 2 aliphatic rings. The van der Waals surface area contributed by atoms with Crippen LogP contribution in [0, 0.1) is 18.8 Å². The minimum absolute atomic E-state index is 0.0549. The lowest BCUT2D eigenvalue weighted by Crippen LogP contribution is -2.56. The summed E-state index contributed by atoms with van der Waals surface area (Å²) in [5, 5.41) is 25.0. The number of nitrogens with one attached hydrogen (secondary N) is 5. The van der Waals surface area contributed by atoms with E-state index in [9.17, 15) is 50.3 Å². The van der Waals surface area contributed by atoms with Gasteiger partial charge in [0.2, 0.25) is 17.6 Å². The Hall–Kier alpha value is -6.51. The molecule has 21 heteroatoms. The molecule has 0 spiro atoms. The SMILES string of the molecule is Cc1cc(C(=O)NC2CCC(N(C)C)CC2)ccc1-c1ccc(C[C@H](NC(=O)C2CCC(CNC(=O)OC(C)(C)C)CC2)C(=O)Nc2ccc(-c3n[nH]c(C(F)(F)C(F)(F)C(F)(F)C(=O)O)n3)cc2)cc1. The van der Waals surface area contributed by atoms with Crippen molar-refractivity contribution in [2.75, 3.05) is 26.0 Å². The summed E-state index contributed by atoms with van der Waals surface area (Å²) in [5.41, 5.74) is 3.34. The first-order valence-corrected chi connectivity index (χ1v) is 23.4. The van der Waals surface area contributed by atoms with E-state index >= 15 is 0 Å². The first kappa shape index (κ1) is 53.8. The van der Waals surface area contributed by atoms with Crippen molar-refractivity contribution in [2.24, 2.45) is 11.8 Å². The molecule has 1 aromatic heterocycles. The van der Waals surface area contributed by atoms with Crippen LogP contribution in [0.1, 0.15) is 99.4 Å². The molecule has 6 N–H and O–H groups in total. The first-order valence-electron chi connectivity index (χ1n) is 23.4. The number of benzene rings is 3. The molecule has 71 heavy (non-hydrogen) atoms. The van der Waals surface area contributed by atoms with Gasteiger partial charge in [-0.3, -0.25) is 19.5 Å². The van der Waals surface area contributed by atoms with Crippen molar-refractivity contribution in [1.82, 2.24) is 36.0 Å². The second-order valence-corrected chi connectivity index (χ2v) is 19.6. The third-order valence-electron chi connectivity index (χ3n) is 13.0. The van der Waals surface area contributed by atoms with Crippen LogP contribution >= 0.6 is 0 Å². The summed E-state index contributed by atoms with van der Waals surface area (Å²) in [7, 11) is 4.14. The highest BCUT2D eigenvalue weighted by molar-refractivity contribution is 5.98. The molecule has 0 aliphatic heterocycles. The Morgan fingerprint density at radius 2 is 1.45 bits per heavy atom. The number of aryl methyl sites for hydroxylation is 1. The molecule has 4 aromatic rings. The molecular formula is C50H60F6N8O7. The number of amides is 4. The molecule has 2 fully saturated rings. The standard InChI is InChI=1S/C50H60F6N8O7/c1-28-25-34(42(66)58-36-20-22-37(23-21-36)64(5)6)17-24-38(28)31-11-7-29(8-12-31)26-39(60-41(65)33-13-9-30(10-14-33)27-57-46(70)71-47(2,3)4)43(67)59-35-18-15-32(16-19-35)40-61-44(63-62-40)48(51,52)50(55,56)49(53,54)45(68)69/h7-8,11-12,15-19,24-25,30,33,36-37,39H,9-10,13-14,20-23,26-27H2,1-6H3,(H,57,70)(H,58,66)(H,59,67)(H,60,65)(H,68,69)(H,61,62,63)/t30?,33?,36?,37?,39-/m0/s1. The molecule has 1 heterocycles. The number of hydrogen-bond acceptors (Lipinski definition) is 9. The number of carbonyl (C=O) groups is 5. The maximum atomic E-state index is 14.6. The minimum atomic E-state index is -6.39. The number of rotatable bonds is 17. The van der Waals surface area contributed by atoms with E-state index in [1.54, 1.807) is 26.8 Å². The molecule has 15 nitrogen and oxygen atoms in total. The quantitative estimate of drug-likeness (QED) is 0.0556. The molecule has 0 unspecified atom stereocenters. The number of hydrogen-bond donors (Lipinski definition) is 6. The number of alkyl halides is 6. The summed E-state index contributed by atoms with van der Waals surface area (Å²) in [6, 6.07) is 17.6. The Labute approximate surface area is 407 Å². The van der Waals surface area contributed by atoms with Crippen LogP contribution in [-0.2, 0) is 31.5 Å². The fourth-order valence-corrected chi connectivity index (χ4v) is 8.80. The Morgan fingerprint density at radius 3 is 2.03 bits per heavy atom. The van der Waals surface area contributed by atoms with Crippen molar-refractivity contribution in [2.45, 2.75) is 127 Å². The van der Waals surface area contributed by atoms with Crippen LogP contribution in [0.25, 0.3) is 22.5 Å². The second-order valence-electron chi connectivity index (χ2n) is 19.6. The van der Waals surface area contributed by atoms with Gasteiger partial charge in [-0.1, -0.05) is 30.3 Å². The number of halogens is 6. The number of alkyl carbamates (subject to hydrolysis) is 1. The predicted octanol–water partition coefficient (Wildman–Crippen LogP) is 8.49. The summed E-state index contributed by atoms with van der Waals surface area (Å²) in [4.78, 5) is 69.4. The van der Waals surface area contributed by atoms with Crippen molar-refractivity contribution in [3.05, 3.63) is 89.2 Å². The number of aromatic amines is 1. The largest absolute Gasteiger partial charge is 0.477 e. The molecule has 2 saturated carbocycles. The van der Waals surface area contributed by atoms with Crippen LogP contribution in [0.2, 0.25) is 0 Å². The lowest BCUT2D eigenvalue weighted by molar-refractivity contribution is -0.311. The molecule has 0 radical (unpaired) electrons. The predicted molar refractivity (Wildman–Crippen MR) is 251 cm³/mol. The summed E-state index contributed by atoms with van der Waals surface area (Å²) in [6.45, 7) is 7.60. The zero-order valence-corrected chi connectivity index (χ0v) is 40.3. The van der Waals surface area contributed by atoms with Gasteiger partial charge in [0.05, 0.1) is 0 Å². The lowest BCUT2D eigenvalue weighted by Gasteiger charge is -2.33. The van der Waals surface area contributed by atoms with E-state index in [0.717, 1.165) is 42.4 Å². The van der Waals surface area contributed by atoms with E-state index < -0.39 is 64.9 Å². The minimum Gasteiger partial charge on any atom is -0.477 e. The van der Waals surface area contributed by atoms with Crippen molar-refractivity contribution >= 4 is 35.5 Å². The number of carboxylic acids is 1. The molecule has 6 rings (SSSR count). The van der Waals surface area contributed by atoms with Gasteiger partial charge in [0.25, 0.3) is 5.91 Å². The number of H-pyrrole nitrogens is 1. The van der Waals surface area contributed by atoms with Gasteiger partial charge in [-0.05, 0) is 158 Å². The Kier molecular flexibility index (Phi) is 16.6. The Bertz CT molecular complexity index is 2530. The van der Waals surface area contributed by atoms with Gasteiger partial charge < -0.3 is 36.0 Å². The van der Waals surface area contributed by atoms with E-state index in [0.29, 0.717) is 49.4 Å². The van der Waals surface area contributed by atoms with Gasteiger partial charge in [0, 0.05) is 47.8 Å². The van der Waals surface area contributed by atoms with E-state index in [1.807, 2.05) is 43.3 Å². The first-order chi connectivity index (χ1) is 33.2. The smallest absolute Gasteiger partial charge is 0.411 e. The van der Waals surface area contributed by atoms with Crippen LogP contribution in [0.15, 0.2) is 66.7 Å². The van der Waals surface area contributed by atoms with Gasteiger partial charge in [0.1, 0.15) is 11.6 Å². The van der Waals surface area contributed by atoms with Gasteiger partial charge in [-0.2, -0.15) is 31.4 Å². The molecule has 4 amide bonds. The maximum Gasteiger partial charge on any atom is 0.411 e. The zero-order chi connectivity index (χ0) is 52.1. The molecule has 384 valence electrons. The summed E-state index contributed by atoms with van der Waals surface area (Å²) in [5.74, 6) is -25.8. The van der Waals surface area contributed by atoms with Gasteiger partial charge in [-0.25, -0.2) is 14.6 Å². The van der Waals surface area contributed by atoms with Gasteiger partial charge in [0.15, 0.2) is 5.82 Å². The van der Waals surface area contributed by atoms with Gasteiger partial charge >= 0.3 is 29.8 Å². The lowest BCUT2D eigenvalue weighted by atomic mass is 9.81. The highest BCUT2D eigenvalue weighted by Gasteiger charge is 2.77. The number of aromatic nitrogens is 3. The normalized spacial score (nSPS) is 19.3. The number of carboxylic acid groups (broad SMARTS) is 1. The van der Waals surface area contributed by atoms with Crippen molar-refractivity contribution in [3.8, 4) is 22.5 Å². The summed E-state index contributed by atoms with van der Waals surface area (Å²) < 4.78 is 90.1. The van der Waals surface area contributed by atoms with Crippen LogP contribution in [0.3, 0.4) is 0 Å². The van der Waals surface area contributed by atoms with E-state index in [-0.39, 0.29) is 41.4 Å². The van der Waals surface area contributed by atoms with Crippen LogP contribution in [0.4, 0.5) is 36.8 Å². The van der Waals surface area contributed by atoms with Crippen LogP contribution in [-0.4, -0.2) is 111 Å². The third kappa shape index (κ3) is 13.1. The molecule has 0 saturated heterocycles. The van der Waals surface area contributed by atoms with E-state index in [1.165, 1.54) is 29.4 Å². The molecule has 0 bridgehead atoms. The van der Waals surface area contributed by atoms with Crippen molar-refractivity contribution in [3.63, 3.8) is 0 Å². The number of anilines is 1. The highest BCUT2D eigenvalue weighted by Crippen LogP contribution is 2.50. The average Bonchev–Trinajstić information content (AvgIpc) is 3.82. The zero-order valence-electron chi connectivity index (χ0n) is 40.3. The van der Waals surface area contributed by atoms with E-state index in [2.05, 4.69) is 50.3 Å². The molecular weight excluding hydrogens is 939 g/mol. The number of carbonyl (C=O) groups excluding carboxylic acids is 4. The summed E-state index contributed by atoms with van der Waals surface area (Å²) >= 11 is 0. The number of ether oxygens (including phenoxy) is 1. The van der Waals surface area contributed by atoms with E-state index in [4.69, 9.17) is 9.84 Å². The highest BCUT2D eigenvalue weighted by atomic mass is 19.3. The van der Waals surface area contributed by atoms with Crippen LogP contribution in [0.5, 0.6) is 0 Å². The molecule has 2 aliphatic carbocycles. The Morgan fingerprint density at radius 1 is 0.831 bits per heavy atom.